The topological polar surface area (TPSA) is 78.5 Å². The van der Waals surface area contributed by atoms with Crippen LogP contribution in [0.4, 0.5) is 4.79 Å². The van der Waals surface area contributed by atoms with Crippen molar-refractivity contribution in [2.75, 3.05) is 24.6 Å². The lowest BCUT2D eigenvalue weighted by Gasteiger charge is -2.25. The summed E-state index contributed by atoms with van der Waals surface area (Å²) in [6.07, 6.45) is 4.07. The summed E-state index contributed by atoms with van der Waals surface area (Å²) in [4.78, 5) is 11.6. The minimum atomic E-state index is -3.67. The van der Waals surface area contributed by atoms with Gasteiger partial charge in [-0.3, -0.25) is 0 Å². The summed E-state index contributed by atoms with van der Waals surface area (Å²) >= 11 is 1.73. The normalized spacial score (nSPS) is 22.9. The van der Waals surface area contributed by atoms with Crippen molar-refractivity contribution in [1.82, 2.24) is 14.3 Å². The van der Waals surface area contributed by atoms with Crippen LogP contribution in [-0.2, 0) is 10.2 Å². The molecular formula is C10H19N3O3S2. The molecule has 6 nitrogen and oxygen atoms in total. The van der Waals surface area contributed by atoms with Crippen molar-refractivity contribution >= 4 is 28.0 Å². The van der Waals surface area contributed by atoms with Crippen LogP contribution in [0.2, 0.25) is 0 Å². The van der Waals surface area contributed by atoms with E-state index in [0.29, 0.717) is 13.1 Å². The van der Waals surface area contributed by atoms with Crippen LogP contribution in [-0.4, -0.2) is 49.4 Å². The number of amides is 2. The highest BCUT2D eigenvalue weighted by Crippen LogP contribution is 2.17. The fourth-order valence-corrected chi connectivity index (χ4v) is 4.47. The maximum Gasteiger partial charge on any atom is 0.329 e. The molecule has 1 saturated heterocycles. The predicted molar refractivity (Wildman–Crippen MR) is 71.7 cm³/mol. The number of nitrogens with one attached hydrogen (secondary N) is 2. The van der Waals surface area contributed by atoms with E-state index in [-0.39, 0.29) is 6.04 Å². The smallest absolute Gasteiger partial charge is 0.329 e. The second-order valence-corrected chi connectivity index (χ2v) is 7.47. The molecular weight excluding hydrogens is 274 g/mol. The van der Waals surface area contributed by atoms with E-state index in [1.807, 2.05) is 0 Å². The van der Waals surface area contributed by atoms with Gasteiger partial charge in [-0.05, 0) is 12.8 Å². The van der Waals surface area contributed by atoms with Crippen molar-refractivity contribution in [3.05, 3.63) is 0 Å². The molecule has 8 heteroatoms. The van der Waals surface area contributed by atoms with E-state index < -0.39 is 16.2 Å². The summed E-state index contributed by atoms with van der Waals surface area (Å²) in [5.41, 5.74) is 0. The third-order valence-electron chi connectivity index (χ3n) is 3.22. The minimum absolute atomic E-state index is 0.122. The molecule has 1 saturated carbocycles. The molecule has 0 atom stereocenters. The molecule has 2 aliphatic rings. The van der Waals surface area contributed by atoms with E-state index in [0.717, 1.165) is 37.2 Å². The highest BCUT2D eigenvalue weighted by Gasteiger charge is 2.27. The first-order valence-electron chi connectivity index (χ1n) is 6.24. The van der Waals surface area contributed by atoms with Gasteiger partial charge in [0, 0.05) is 30.6 Å². The molecule has 0 aromatic rings. The van der Waals surface area contributed by atoms with Crippen molar-refractivity contribution in [3.8, 4) is 0 Å². The van der Waals surface area contributed by atoms with E-state index in [9.17, 15) is 13.2 Å². The first kappa shape index (κ1) is 14.0. The van der Waals surface area contributed by atoms with Crippen LogP contribution in [0.3, 0.4) is 0 Å². The van der Waals surface area contributed by atoms with Gasteiger partial charge < -0.3 is 5.32 Å². The molecule has 0 aromatic carbocycles. The number of urea groups is 1. The maximum atomic E-state index is 11.9. The SMILES string of the molecule is O=C(NC1CCCC1)NS(=O)(=O)N1CCSCC1. The van der Waals surface area contributed by atoms with E-state index in [1.54, 1.807) is 11.8 Å². The summed E-state index contributed by atoms with van der Waals surface area (Å²) < 4.78 is 27.3. The fraction of sp³-hybridized carbons (Fsp3) is 0.900. The van der Waals surface area contributed by atoms with Gasteiger partial charge in [-0.25, -0.2) is 9.52 Å². The van der Waals surface area contributed by atoms with Crippen LogP contribution in [0.5, 0.6) is 0 Å². The molecule has 2 rings (SSSR count). The van der Waals surface area contributed by atoms with Gasteiger partial charge in [0.05, 0.1) is 0 Å². The number of carbonyl (C=O) groups excluding carboxylic acids is 1. The zero-order valence-corrected chi connectivity index (χ0v) is 11.9. The van der Waals surface area contributed by atoms with Crippen molar-refractivity contribution < 1.29 is 13.2 Å². The lowest BCUT2D eigenvalue weighted by molar-refractivity contribution is 0.241. The first-order chi connectivity index (χ1) is 8.58. The number of carbonyl (C=O) groups is 1. The Morgan fingerprint density at radius 2 is 1.78 bits per heavy atom. The zero-order valence-electron chi connectivity index (χ0n) is 10.2. The minimum Gasteiger partial charge on any atom is -0.335 e. The van der Waals surface area contributed by atoms with Gasteiger partial charge in [0.25, 0.3) is 0 Å². The maximum absolute atomic E-state index is 11.9. The van der Waals surface area contributed by atoms with Gasteiger partial charge in [0.1, 0.15) is 0 Å². The lowest BCUT2D eigenvalue weighted by Crippen LogP contribution is -2.51. The third-order valence-corrected chi connectivity index (χ3v) is 5.65. The second kappa shape index (κ2) is 6.12. The van der Waals surface area contributed by atoms with Gasteiger partial charge in [-0.15, -0.1) is 0 Å². The summed E-state index contributed by atoms with van der Waals surface area (Å²) in [6, 6.07) is -0.475. The molecule has 104 valence electrons. The predicted octanol–water partition coefficient (Wildman–Crippen LogP) is 0.522. The van der Waals surface area contributed by atoms with Gasteiger partial charge in [-0.2, -0.15) is 24.5 Å². The van der Waals surface area contributed by atoms with Crippen molar-refractivity contribution in [3.63, 3.8) is 0 Å². The molecule has 18 heavy (non-hydrogen) atoms. The van der Waals surface area contributed by atoms with Crippen LogP contribution in [0.25, 0.3) is 0 Å². The van der Waals surface area contributed by atoms with E-state index >= 15 is 0 Å². The highest BCUT2D eigenvalue weighted by atomic mass is 32.2. The standard InChI is InChI=1S/C10H19N3O3S2/c14-10(11-9-3-1-2-4-9)12-18(15,16)13-5-7-17-8-6-13/h9H,1-8H2,(H2,11,12,14). The van der Waals surface area contributed by atoms with Crippen LogP contribution in [0, 0.1) is 0 Å². The summed E-state index contributed by atoms with van der Waals surface area (Å²) in [5, 5.41) is 2.71. The quantitative estimate of drug-likeness (QED) is 0.795. The molecule has 0 radical (unpaired) electrons. The molecule has 1 aliphatic carbocycles. The number of thioether (sulfide) groups is 1. The monoisotopic (exact) mass is 293 g/mol. The molecule has 0 spiro atoms. The highest BCUT2D eigenvalue weighted by molar-refractivity contribution is 7.99. The van der Waals surface area contributed by atoms with Gasteiger partial charge in [0.15, 0.2) is 0 Å². The Bertz CT molecular complexity index is 387. The molecule has 2 N–H and O–H groups in total. The van der Waals surface area contributed by atoms with Gasteiger partial charge in [-0.1, -0.05) is 12.8 Å². The Morgan fingerprint density at radius 3 is 2.39 bits per heavy atom. The molecule has 0 aromatic heterocycles. The summed E-state index contributed by atoms with van der Waals surface area (Å²) in [7, 11) is -3.67. The molecule has 2 amide bonds. The average molecular weight is 293 g/mol. The van der Waals surface area contributed by atoms with Crippen molar-refractivity contribution in [2.24, 2.45) is 0 Å². The van der Waals surface area contributed by atoms with E-state index in [1.165, 1.54) is 4.31 Å². The Kier molecular flexibility index (Phi) is 4.74. The lowest BCUT2D eigenvalue weighted by atomic mass is 10.3. The van der Waals surface area contributed by atoms with Crippen LogP contribution in [0.15, 0.2) is 0 Å². The van der Waals surface area contributed by atoms with Crippen molar-refractivity contribution in [2.45, 2.75) is 31.7 Å². The van der Waals surface area contributed by atoms with E-state index in [2.05, 4.69) is 10.0 Å². The van der Waals surface area contributed by atoms with Crippen LogP contribution >= 0.6 is 11.8 Å². The van der Waals surface area contributed by atoms with Gasteiger partial charge >= 0.3 is 16.2 Å². The summed E-state index contributed by atoms with van der Waals surface area (Å²) in [5.74, 6) is 1.57. The largest absolute Gasteiger partial charge is 0.335 e. The Labute approximate surface area is 112 Å². The second-order valence-electron chi connectivity index (χ2n) is 4.57. The Balaban J connectivity index is 1.84. The van der Waals surface area contributed by atoms with E-state index in [4.69, 9.17) is 0 Å². The number of hydrogen-bond donors (Lipinski definition) is 2. The Hall–Kier alpha value is -0.470. The van der Waals surface area contributed by atoms with Crippen LogP contribution in [0.1, 0.15) is 25.7 Å². The molecule has 1 heterocycles. The van der Waals surface area contributed by atoms with Crippen LogP contribution < -0.4 is 10.0 Å². The number of hydrogen-bond acceptors (Lipinski definition) is 4. The summed E-state index contributed by atoms with van der Waals surface area (Å²) in [6.45, 7) is 0.938. The third kappa shape index (κ3) is 3.76. The Morgan fingerprint density at radius 1 is 1.17 bits per heavy atom. The van der Waals surface area contributed by atoms with Gasteiger partial charge in [0.2, 0.25) is 0 Å². The van der Waals surface area contributed by atoms with Crippen molar-refractivity contribution in [1.29, 1.82) is 0 Å². The molecule has 0 unspecified atom stereocenters. The molecule has 1 aliphatic heterocycles. The zero-order chi connectivity index (χ0) is 13.0. The average Bonchev–Trinajstić information content (AvgIpc) is 2.82. The molecule has 0 bridgehead atoms. The molecule has 2 fully saturated rings. The first-order valence-corrected chi connectivity index (χ1v) is 8.83. The number of nitrogens with zero attached hydrogens (tertiary/aromatic N) is 1. The number of rotatable bonds is 3. The fourth-order valence-electron chi connectivity index (χ4n) is 2.25.